The lowest BCUT2D eigenvalue weighted by Crippen LogP contribution is -2.00. The lowest BCUT2D eigenvalue weighted by atomic mass is 9.99. The van der Waals surface area contributed by atoms with Gasteiger partial charge in [-0.05, 0) is 77.4 Å². The molecule has 63 heavy (non-hydrogen) atoms. The summed E-state index contributed by atoms with van der Waals surface area (Å²) in [7, 11) is 0. The molecule has 4 heterocycles. The Morgan fingerprint density at radius 3 is 1.56 bits per heavy atom. The quantitative estimate of drug-likeness (QED) is 0.167. The minimum absolute atomic E-state index is 0.554. The number of benzene rings is 9. The molecule has 0 saturated carbocycles. The van der Waals surface area contributed by atoms with Crippen molar-refractivity contribution in [3.63, 3.8) is 0 Å². The summed E-state index contributed by atoms with van der Waals surface area (Å²) in [6.45, 7) is 0. The second-order valence-electron chi connectivity index (χ2n) is 15.9. The largest absolute Gasteiger partial charge is 0.456 e. The van der Waals surface area contributed by atoms with E-state index in [0.717, 1.165) is 88.5 Å². The SMILES string of the molecule is c1ccc(-c2nc(-c3ccc4c(c3)oc3ccc(-c5ccccc5-n5c6ccccc6c6ccccc65)cc34)nc(-c3ccc4c(c3)oc3cccc(-c5ccccc5)c34)n2)cc1. The molecule has 0 amide bonds. The third-order valence-electron chi connectivity index (χ3n) is 12.3. The van der Waals surface area contributed by atoms with Crippen molar-refractivity contribution in [1.82, 2.24) is 19.5 Å². The van der Waals surface area contributed by atoms with Crippen LogP contribution in [-0.4, -0.2) is 19.5 Å². The summed E-state index contributed by atoms with van der Waals surface area (Å²) in [5.74, 6) is 1.70. The average molecular weight is 807 g/mol. The molecular weight excluding hydrogens is 773 g/mol. The Morgan fingerprint density at radius 1 is 0.302 bits per heavy atom. The second kappa shape index (κ2) is 14.0. The monoisotopic (exact) mass is 806 g/mol. The van der Waals surface area contributed by atoms with Crippen LogP contribution in [0.25, 0.3) is 128 Å². The highest BCUT2D eigenvalue weighted by Crippen LogP contribution is 2.41. The van der Waals surface area contributed by atoms with Crippen molar-refractivity contribution in [1.29, 1.82) is 0 Å². The lowest BCUT2D eigenvalue weighted by Gasteiger charge is -2.14. The van der Waals surface area contributed by atoms with E-state index in [1.54, 1.807) is 0 Å². The van der Waals surface area contributed by atoms with Crippen LogP contribution in [0.5, 0.6) is 0 Å². The highest BCUT2D eigenvalue weighted by atomic mass is 16.3. The molecule has 0 unspecified atom stereocenters. The summed E-state index contributed by atoms with van der Waals surface area (Å²) >= 11 is 0. The molecule has 0 aliphatic rings. The summed E-state index contributed by atoms with van der Waals surface area (Å²) in [6, 6.07) is 71.6. The molecular formula is C57H34N4O2. The van der Waals surface area contributed by atoms with Crippen LogP contribution in [0.4, 0.5) is 0 Å². The van der Waals surface area contributed by atoms with Crippen LogP contribution in [0.2, 0.25) is 0 Å². The van der Waals surface area contributed by atoms with Gasteiger partial charge in [0.2, 0.25) is 0 Å². The fourth-order valence-corrected chi connectivity index (χ4v) is 9.35. The topological polar surface area (TPSA) is 69.9 Å². The van der Waals surface area contributed by atoms with E-state index in [1.165, 1.54) is 21.8 Å². The van der Waals surface area contributed by atoms with Crippen molar-refractivity contribution in [2.45, 2.75) is 0 Å². The molecule has 6 heteroatoms. The standard InChI is InChI=1S/C57H34N4O2/c1-3-14-35(15-4-1)41-21-13-25-51-54(41)45-30-27-39(34-53(45)63-51)57-59-55(36-16-5-2-6-17-36)58-56(60-57)38-26-29-44-46-32-37(28-31-50(46)62-52(44)33-38)40-18-7-10-22-47(40)61-48-23-11-8-19-42(48)43-20-9-12-24-49(43)61/h1-34H. The summed E-state index contributed by atoms with van der Waals surface area (Å²) in [4.78, 5) is 15.2. The fraction of sp³-hybridized carbons (Fsp3) is 0. The van der Waals surface area contributed by atoms with E-state index >= 15 is 0 Å². The van der Waals surface area contributed by atoms with Gasteiger partial charge in [0.15, 0.2) is 17.5 Å². The van der Waals surface area contributed by atoms with Gasteiger partial charge in [0, 0.05) is 54.6 Å². The van der Waals surface area contributed by atoms with Gasteiger partial charge in [-0.25, -0.2) is 15.0 Å². The van der Waals surface area contributed by atoms with E-state index in [4.69, 9.17) is 23.8 Å². The first-order valence-corrected chi connectivity index (χ1v) is 21.1. The van der Waals surface area contributed by atoms with Gasteiger partial charge < -0.3 is 13.4 Å². The third-order valence-corrected chi connectivity index (χ3v) is 12.3. The Kier molecular flexibility index (Phi) is 7.80. The first-order chi connectivity index (χ1) is 31.2. The molecule has 0 spiro atoms. The zero-order chi connectivity index (χ0) is 41.4. The molecule has 13 rings (SSSR count). The van der Waals surface area contributed by atoms with E-state index in [1.807, 2.05) is 60.7 Å². The molecule has 0 atom stereocenters. The van der Waals surface area contributed by atoms with Crippen LogP contribution in [-0.2, 0) is 0 Å². The molecule has 9 aromatic carbocycles. The molecule has 0 aliphatic carbocycles. The number of hydrogen-bond donors (Lipinski definition) is 0. The van der Waals surface area contributed by atoms with E-state index in [2.05, 4.69) is 150 Å². The van der Waals surface area contributed by atoms with Crippen LogP contribution >= 0.6 is 0 Å². The average Bonchev–Trinajstić information content (AvgIpc) is 4.03. The van der Waals surface area contributed by atoms with Gasteiger partial charge in [0.05, 0.1) is 16.7 Å². The van der Waals surface area contributed by atoms with Crippen LogP contribution in [0.1, 0.15) is 0 Å². The van der Waals surface area contributed by atoms with Crippen molar-refractivity contribution >= 4 is 65.7 Å². The van der Waals surface area contributed by atoms with Gasteiger partial charge in [-0.2, -0.15) is 0 Å². The zero-order valence-electron chi connectivity index (χ0n) is 33.7. The van der Waals surface area contributed by atoms with E-state index in [9.17, 15) is 0 Å². The molecule has 0 aliphatic heterocycles. The minimum atomic E-state index is 0.554. The van der Waals surface area contributed by atoms with Crippen LogP contribution < -0.4 is 0 Å². The molecule has 0 N–H and O–H groups in total. The van der Waals surface area contributed by atoms with Crippen molar-refractivity contribution < 1.29 is 8.83 Å². The molecule has 0 fully saturated rings. The minimum Gasteiger partial charge on any atom is -0.456 e. The smallest absolute Gasteiger partial charge is 0.164 e. The number of aromatic nitrogens is 4. The zero-order valence-corrected chi connectivity index (χ0v) is 33.7. The summed E-state index contributed by atoms with van der Waals surface area (Å²) in [5, 5.41) is 6.67. The van der Waals surface area contributed by atoms with Gasteiger partial charge in [0.25, 0.3) is 0 Å². The fourth-order valence-electron chi connectivity index (χ4n) is 9.35. The Hall–Kier alpha value is -8.61. The lowest BCUT2D eigenvalue weighted by molar-refractivity contribution is 0.669. The number of para-hydroxylation sites is 3. The van der Waals surface area contributed by atoms with Crippen LogP contribution in [0, 0.1) is 0 Å². The first-order valence-electron chi connectivity index (χ1n) is 21.1. The maximum absolute atomic E-state index is 6.58. The number of nitrogens with zero attached hydrogens (tertiary/aromatic N) is 4. The predicted octanol–water partition coefficient (Wildman–Crippen LogP) is 15.1. The Morgan fingerprint density at radius 2 is 0.841 bits per heavy atom. The van der Waals surface area contributed by atoms with Crippen LogP contribution in [0.15, 0.2) is 215 Å². The molecule has 294 valence electrons. The van der Waals surface area contributed by atoms with Gasteiger partial charge >= 0.3 is 0 Å². The molecule has 0 bridgehead atoms. The molecule has 13 aromatic rings. The first kappa shape index (κ1) is 35.2. The van der Waals surface area contributed by atoms with Gasteiger partial charge in [-0.3, -0.25) is 0 Å². The van der Waals surface area contributed by atoms with Crippen molar-refractivity contribution in [2.75, 3.05) is 0 Å². The molecule has 4 aromatic heterocycles. The van der Waals surface area contributed by atoms with Crippen molar-refractivity contribution in [3.05, 3.63) is 206 Å². The Labute approximate surface area is 361 Å². The maximum Gasteiger partial charge on any atom is 0.164 e. The van der Waals surface area contributed by atoms with Gasteiger partial charge in [0.1, 0.15) is 22.3 Å². The second-order valence-corrected chi connectivity index (χ2v) is 15.9. The molecule has 6 nitrogen and oxygen atoms in total. The normalized spacial score (nSPS) is 11.8. The van der Waals surface area contributed by atoms with Crippen LogP contribution in [0.3, 0.4) is 0 Å². The number of rotatable bonds is 6. The van der Waals surface area contributed by atoms with Crippen molar-refractivity contribution in [2.24, 2.45) is 0 Å². The predicted molar refractivity (Wildman–Crippen MR) is 256 cm³/mol. The maximum atomic E-state index is 6.58. The van der Waals surface area contributed by atoms with Gasteiger partial charge in [-0.1, -0.05) is 146 Å². The summed E-state index contributed by atoms with van der Waals surface area (Å²) < 4.78 is 15.5. The van der Waals surface area contributed by atoms with E-state index in [0.29, 0.717) is 17.5 Å². The summed E-state index contributed by atoms with van der Waals surface area (Å²) in [6.07, 6.45) is 0. The Balaban J connectivity index is 0.920. The third kappa shape index (κ3) is 5.69. The van der Waals surface area contributed by atoms with E-state index in [-0.39, 0.29) is 0 Å². The highest BCUT2D eigenvalue weighted by Gasteiger charge is 2.19. The number of hydrogen-bond acceptors (Lipinski definition) is 5. The van der Waals surface area contributed by atoms with Gasteiger partial charge in [-0.15, -0.1) is 0 Å². The Bertz CT molecular complexity index is 3870. The molecule has 0 saturated heterocycles. The number of fused-ring (bicyclic) bond motifs is 9. The van der Waals surface area contributed by atoms with Crippen molar-refractivity contribution in [3.8, 4) is 62.1 Å². The number of furan rings is 2. The molecule has 0 radical (unpaired) electrons. The van der Waals surface area contributed by atoms with E-state index < -0.39 is 0 Å². The highest BCUT2D eigenvalue weighted by molar-refractivity contribution is 6.13. The summed E-state index contributed by atoms with van der Waals surface area (Å²) in [5.41, 5.74) is 13.8.